The lowest BCUT2D eigenvalue weighted by atomic mass is 9.99. The van der Waals surface area contributed by atoms with Crippen LogP contribution in [0, 0.1) is 0 Å². The second-order valence-electron chi connectivity index (χ2n) is 4.57. The van der Waals surface area contributed by atoms with E-state index in [1.807, 2.05) is 30.3 Å². The summed E-state index contributed by atoms with van der Waals surface area (Å²) >= 11 is 12.9. The first-order valence-electron chi connectivity index (χ1n) is 6.34. The van der Waals surface area contributed by atoms with E-state index in [2.05, 4.69) is 5.32 Å². The van der Waals surface area contributed by atoms with Crippen LogP contribution >= 0.6 is 35.0 Å². The Morgan fingerprint density at radius 1 is 1.00 bits per heavy atom. The van der Waals surface area contributed by atoms with Crippen LogP contribution < -0.4 is 5.32 Å². The predicted octanol–water partition coefficient (Wildman–Crippen LogP) is 4.98. The standard InChI is InChI=1S/C16H9Cl2NO2S/c17-12-6-5-10(7-13(12)18)11-4-2-1-3-9(11)8-14-15(20)19-16(21)22-14/h1-8H,(H,19,20,21)/b14-8-. The van der Waals surface area contributed by atoms with Crippen molar-refractivity contribution in [3.63, 3.8) is 0 Å². The minimum atomic E-state index is -0.376. The minimum Gasteiger partial charge on any atom is -0.282 e. The van der Waals surface area contributed by atoms with E-state index < -0.39 is 0 Å². The number of amides is 2. The van der Waals surface area contributed by atoms with Crippen LogP contribution in [0.5, 0.6) is 0 Å². The summed E-state index contributed by atoms with van der Waals surface area (Å²) in [6.07, 6.45) is 1.70. The third-order valence-electron chi connectivity index (χ3n) is 3.12. The molecule has 0 bridgehead atoms. The minimum absolute atomic E-state index is 0.358. The Labute approximate surface area is 141 Å². The van der Waals surface area contributed by atoms with Gasteiger partial charge in [0.2, 0.25) is 0 Å². The molecule has 2 aromatic rings. The molecule has 6 heteroatoms. The van der Waals surface area contributed by atoms with Gasteiger partial charge >= 0.3 is 0 Å². The number of nitrogens with one attached hydrogen (secondary N) is 1. The molecule has 0 atom stereocenters. The van der Waals surface area contributed by atoms with Gasteiger partial charge in [-0.15, -0.1) is 0 Å². The molecule has 1 aliphatic heterocycles. The smallest absolute Gasteiger partial charge is 0.282 e. The Morgan fingerprint density at radius 2 is 1.77 bits per heavy atom. The summed E-state index contributed by atoms with van der Waals surface area (Å²) < 4.78 is 0. The predicted molar refractivity (Wildman–Crippen MR) is 91.0 cm³/mol. The van der Waals surface area contributed by atoms with Crippen LogP contribution in [0.15, 0.2) is 47.4 Å². The highest BCUT2D eigenvalue weighted by atomic mass is 35.5. The molecule has 0 aromatic heterocycles. The molecule has 22 heavy (non-hydrogen) atoms. The van der Waals surface area contributed by atoms with Gasteiger partial charge in [-0.3, -0.25) is 14.9 Å². The summed E-state index contributed by atoms with van der Waals surface area (Å²) in [4.78, 5) is 23.3. The number of carbonyl (C=O) groups is 2. The fourth-order valence-corrected chi connectivity index (χ4v) is 3.08. The Bertz CT molecular complexity index is 818. The number of halogens is 2. The normalized spacial score (nSPS) is 16.2. The zero-order valence-corrected chi connectivity index (χ0v) is 13.4. The first kappa shape index (κ1) is 15.2. The molecule has 1 saturated heterocycles. The van der Waals surface area contributed by atoms with Crippen LogP contribution in [-0.4, -0.2) is 11.1 Å². The summed E-state index contributed by atoms with van der Waals surface area (Å²) in [5, 5.41) is 2.83. The average Bonchev–Trinajstić information content (AvgIpc) is 2.80. The number of benzene rings is 2. The highest BCUT2D eigenvalue weighted by Gasteiger charge is 2.25. The summed E-state index contributed by atoms with van der Waals surface area (Å²) in [6.45, 7) is 0. The molecule has 0 radical (unpaired) electrons. The Balaban J connectivity index is 2.07. The molecule has 2 aromatic carbocycles. The molecule has 2 amide bonds. The summed E-state index contributed by atoms with van der Waals surface area (Å²) in [5.41, 5.74) is 2.62. The summed E-state index contributed by atoms with van der Waals surface area (Å²) in [7, 11) is 0. The van der Waals surface area contributed by atoms with Gasteiger partial charge in [-0.1, -0.05) is 53.5 Å². The van der Waals surface area contributed by atoms with E-state index in [0.29, 0.717) is 15.0 Å². The molecule has 110 valence electrons. The van der Waals surface area contributed by atoms with Crippen LogP contribution in [0.4, 0.5) is 4.79 Å². The lowest BCUT2D eigenvalue weighted by molar-refractivity contribution is -0.115. The monoisotopic (exact) mass is 349 g/mol. The first-order valence-corrected chi connectivity index (χ1v) is 7.91. The topological polar surface area (TPSA) is 46.2 Å². The van der Waals surface area contributed by atoms with Crippen molar-refractivity contribution < 1.29 is 9.59 Å². The fourth-order valence-electron chi connectivity index (χ4n) is 2.11. The molecule has 1 N–H and O–H groups in total. The van der Waals surface area contributed by atoms with Crippen LogP contribution in [0.25, 0.3) is 17.2 Å². The molecule has 1 fully saturated rings. The van der Waals surface area contributed by atoms with Gasteiger partial charge in [0.1, 0.15) is 0 Å². The summed E-state index contributed by atoms with van der Waals surface area (Å²) in [6, 6.07) is 12.9. The molecule has 0 aliphatic carbocycles. The van der Waals surface area contributed by atoms with Crippen molar-refractivity contribution in [3.8, 4) is 11.1 Å². The van der Waals surface area contributed by atoms with Gasteiger partial charge in [0, 0.05) is 0 Å². The van der Waals surface area contributed by atoms with E-state index in [9.17, 15) is 9.59 Å². The molecular weight excluding hydrogens is 341 g/mol. The zero-order valence-electron chi connectivity index (χ0n) is 11.1. The quantitative estimate of drug-likeness (QED) is 0.777. The van der Waals surface area contributed by atoms with Crippen molar-refractivity contribution >= 4 is 52.2 Å². The highest BCUT2D eigenvalue weighted by molar-refractivity contribution is 8.18. The number of rotatable bonds is 2. The second kappa shape index (κ2) is 6.16. The second-order valence-corrected chi connectivity index (χ2v) is 6.40. The molecule has 3 nitrogen and oxygen atoms in total. The third kappa shape index (κ3) is 3.04. The number of hydrogen-bond acceptors (Lipinski definition) is 3. The molecule has 0 spiro atoms. The number of carbonyl (C=O) groups excluding carboxylic acids is 2. The molecule has 1 heterocycles. The summed E-state index contributed by atoms with van der Waals surface area (Å²) in [5.74, 6) is -0.376. The van der Waals surface area contributed by atoms with Gasteiger partial charge in [0.15, 0.2) is 0 Å². The van der Waals surface area contributed by atoms with Crippen molar-refractivity contribution in [3.05, 3.63) is 63.0 Å². The van der Waals surface area contributed by atoms with E-state index in [-0.39, 0.29) is 11.1 Å². The van der Waals surface area contributed by atoms with Gasteiger partial charge in [-0.05, 0) is 46.7 Å². The number of thioether (sulfide) groups is 1. The van der Waals surface area contributed by atoms with Gasteiger partial charge < -0.3 is 0 Å². The van der Waals surface area contributed by atoms with E-state index in [0.717, 1.165) is 28.5 Å². The van der Waals surface area contributed by atoms with Crippen molar-refractivity contribution in [2.45, 2.75) is 0 Å². The first-order chi connectivity index (χ1) is 10.5. The van der Waals surface area contributed by atoms with Crippen LogP contribution in [0.3, 0.4) is 0 Å². The zero-order chi connectivity index (χ0) is 15.7. The number of imide groups is 1. The lowest BCUT2D eigenvalue weighted by Gasteiger charge is -2.08. The van der Waals surface area contributed by atoms with E-state index >= 15 is 0 Å². The van der Waals surface area contributed by atoms with Crippen LogP contribution in [0.2, 0.25) is 10.0 Å². The average molecular weight is 350 g/mol. The molecular formula is C16H9Cl2NO2S. The third-order valence-corrected chi connectivity index (χ3v) is 4.67. The Morgan fingerprint density at radius 3 is 2.45 bits per heavy atom. The number of hydrogen-bond donors (Lipinski definition) is 1. The highest BCUT2D eigenvalue weighted by Crippen LogP contribution is 2.33. The van der Waals surface area contributed by atoms with Crippen molar-refractivity contribution in [2.24, 2.45) is 0 Å². The Hall–Kier alpha value is -1.75. The largest absolute Gasteiger partial charge is 0.290 e. The fraction of sp³-hybridized carbons (Fsp3) is 0. The molecule has 1 aliphatic rings. The van der Waals surface area contributed by atoms with Crippen molar-refractivity contribution in [2.75, 3.05) is 0 Å². The lowest BCUT2D eigenvalue weighted by Crippen LogP contribution is -2.17. The van der Waals surface area contributed by atoms with E-state index in [4.69, 9.17) is 23.2 Å². The SMILES string of the molecule is O=C1NC(=O)/C(=C/c2ccccc2-c2ccc(Cl)c(Cl)c2)S1. The van der Waals surface area contributed by atoms with E-state index in [1.165, 1.54) is 0 Å². The van der Waals surface area contributed by atoms with Gasteiger partial charge in [-0.25, -0.2) is 0 Å². The van der Waals surface area contributed by atoms with Gasteiger partial charge in [0.25, 0.3) is 11.1 Å². The van der Waals surface area contributed by atoms with Crippen LogP contribution in [-0.2, 0) is 4.79 Å². The molecule has 0 unspecified atom stereocenters. The van der Waals surface area contributed by atoms with Crippen molar-refractivity contribution in [1.82, 2.24) is 5.32 Å². The van der Waals surface area contributed by atoms with E-state index in [1.54, 1.807) is 18.2 Å². The van der Waals surface area contributed by atoms with Crippen molar-refractivity contribution in [1.29, 1.82) is 0 Å². The Kier molecular flexibility index (Phi) is 4.25. The van der Waals surface area contributed by atoms with Gasteiger partial charge in [-0.2, -0.15) is 0 Å². The van der Waals surface area contributed by atoms with Crippen LogP contribution in [0.1, 0.15) is 5.56 Å². The molecule has 3 rings (SSSR count). The maximum atomic E-state index is 11.7. The maximum Gasteiger partial charge on any atom is 0.290 e. The molecule has 0 saturated carbocycles. The van der Waals surface area contributed by atoms with Gasteiger partial charge in [0.05, 0.1) is 15.0 Å². The maximum absolute atomic E-state index is 11.7.